The van der Waals surface area contributed by atoms with Crippen molar-refractivity contribution in [3.05, 3.63) is 30.5 Å². The van der Waals surface area contributed by atoms with Gasteiger partial charge < -0.3 is 15.4 Å². The molecule has 102 valence electrons. The third-order valence-electron chi connectivity index (χ3n) is 3.03. The lowest BCUT2D eigenvalue weighted by Gasteiger charge is -2.21. The van der Waals surface area contributed by atoms with E-state index < -0.39 is 0 Å². The predicted molar refractivity (Wildman–Crippen MR) is 80.5 cm³/mol. The lowest BCUT2D eigenvalue weighted by atomic mass is 10.1. The number of benzene rings is 1. The molecule has 0 radical (unpaired) electrons. The van der Waals surface area contributed by atoms with Gasteiger partial charge in [0, 0.05) is 36.6 Å². The van der Waals surface area contributed by atoms with Crippen molar-refractivity contribution in [1.29, 1.82) is 0 Å². The number of pyridine rings is 1. The van der Waals surface area contributed by atoms with Crippen LogP contribution in [0.4, 0.5) is 11.4 Å². The topological polar surface area (TPSA) is 51.4 Å². The number of likely N-dealkylation sites (N-methyl/N-ethyl adjacent to an activating group) is 1. The van der Waals surface area contributed by atoms with E-state index in [1.54, 1.807) is 0 Å². The zero-order valence-electron chi connectivity index (χ0n) is 11.8. The van der Waals surface area contributed by atoms with Crippen molar-refractivity contribution in [2.24, 2.45) is 0 Å². The Balaban J connectivity index is 2.19. The highest BCUT2D eigenvalue weighted by molar-refractivity contribution is 5.93. The maximum atomic E-state index is 5.79. The van der Waals surface area contributed by atoms with Crippen LogP contribution in [-0.2, 0) is 4.74 Å². The molecule has 2 aromatic rings. The minimum atomic E-state index is 0.266. The van der Waals surface area contributed by atoms with Gasteiger partial charge in [0.15, 0.2) is 0 Å². The van der Waals surface area contributed by atoms with E-state index in [2.05, 4.69) is 16.9 Å². The Bertz CT molecular complexity index is 554. The molecule has 0 aliphatic rings. The van der Waals surface area contributed by atoms with Crippen LogP contribution in [-0.4, -0.2) is 31.3 Å². The molecule has 0 aliphatic heterocycles. The highest BCUT2D eigenvalue weighted by Crippen LogP contribution is 2.25. The molecule has 1 aromatic carbocycles. The van der Waals surface area contributed by atoms with Crippen molar-refractivity contribution in [3.63, 3.8) is 0 Å². The van der Waals surface area contributed by atoms with Gasteiger partial charge in [0.2, 0.25) is 0 Å². The van der Waals surface area contributed by atoms with E-state index in [1.807, 2.05) is 44.3 Å². The molecule has 1 aromatic heterocycles. The monoisotopic (exact) mass is 259 g/mol. The highest BCUT2D eigenvalue weighted by atomic mass is 16.5. The second-order valence-corrected chi connectivity index (χ2v) is 4.95. The van der Waals surface area contributed by atoms with E-state index in [4.69, 9.17) is 10.5 Å². The minimum Gasteiger partial charge on any atom is -0.399 e. The molecule has 0 amide bonds. The normalized spacial score (nSPS) is 11.2. The molecule has 0 unspecified atom stereocenters. The van der Waals surface area contributed by atoms with Gasteiger partial charge in [0.05, 0.1) is 18.2 Å². The largest absolute Gasteiger partial charge is 0.399 e. The van der Waals surface area contributed by atoms with Gasteiger partial charge in [-0.3, -0.25) is 4.98 Å². The van der Waals surface area contributed by atoms with Gasteiger partial charge in [0.1, 0.15) is 0 Å². The van der Waals surface area contributed by atoms with Crippen molar-refractivity contribution in [1.82, 2.24) is 4.98 Å². The number of fused-ring (bicyclic) bond motifs is 1. The maximum Gasteiger partial charge on any atom is 0.0743 e. The molecule has 0 saturated carbocycles. The number of hydrogen-bond acceptors (Lipinski definition) is 4. The van der Waals surface area contributed by atoms with E-state index in [0.717, 1.165) is 28.8 Å². The van der Waals surface area contributed by atoms with Crippen LogP contribution in [0.1, 0.15) is 13.8 Å². The first-order valence-corrected chi connectivity index (χ1v) is 6.55. The van der Waals surface area contributed by atoms with E-state index in [-0.39, 0.29) is 6.10 Å². The fraction of sp³-hybridized carbons (Fsp3) is 0.400. The van der Waals surface area contributed by atoms with Crippen LogP contribution >= 0.6 is 0 Å². The first-order chi connectivity index (χ1) is 9.08. The average molecular weight is 259 g/mol. The smallest absolute Gasteiger partial charge is 0.0743 e. The van der Waals surface area contributed by atoms with Crippen LogP contribution in [0.25, 0.3) is 10.9 Å². The number of rotatable bonds is 5. The Morgan fingerprint density at radius 3 is 2.84 bits per heavy atom. The van der Waals surface area contributed by atoms with Gasteiger partial charge in [-0.1, -0.05) is 0 Å². The van der Waals surface area contributed by atoms with Gasteiger partial charge in [-0.15, -0.1) is 0 Å². The predicted octanol–water partition coefficient (Wildman–Crippen LogP) is 2.68. The third-order valence-corrected chi connectivity index (χ3v) is 3.03. The summed E-state index contributed by atoms with van der Waals surface area (Å²) in [5, 5.41) is 1.11. The lowest BCUT2D eigenvalue weighted by Crippen LogP contribution is -2.24. The van der Waals surface area contributed by atoms with E-state index >= 15 is 0 Å². The number of anilines is 2. The Morgan fingerprint density at radius 1 is 1.32 bits per heavy atom. The Kier molecular flexibility index (Phi) is 4.22. The lowest BCUT2D eigenvalue weighted by molar-refractivity contribution is 0.0846. The first-order valence-electron chi connectivity index (χ1n) is 6.55. The quantitative estimate of drug-likeness (QED) is 0.839. The zero-order valence-corrected chi connectivity index (χ0v) is 11.8. The standard InChI is InChI=1S/C15H21N3O/c1-11(2)19-9-8-18(3)15-6-7-17-14-10-12(16)4-5-13(14)15/h4-7,10-11H,8-9,16H2,1-3H3. The van der Waals surface area contributed by atoms with Crippen LogP contribution in [0, 0.1) is 0 Å². The Hall–Kier alpha value is -1.81. The molecule has 2 N–H and O–H groups in total. The molecule has 4 heteroatoms. The summed E-state index contributed by atoms with van der Waals surface area (Å²) in [6, 6.07) is 7.85. The third kappa shape index (κ3) is 3.35. The molecule has 0 fully saturated rings. The van der Waals surface area contributed by atoms with Crippen LogP contribution < -0.4 is 10.6 Å². The summed E-state index contributed by atoms with van der Waals surface area (Å²) in [7, 11) is 2.06. The number of nitrogens with zero attached hydrogens (tertiary/aromatic N) is 2. The number of nitrogens with two attached hydrogens (primary N) is 1. The molecule has 2 rings (SSSR count). The zero-order chi connectivity index (χ0) is 13.8. The first kappa shape index (κ1) is 13.6. The summed E-state index contributed by atoms with van der Waals surface area (Å²) < 4.78 is 5.59. The van der Waals surface area contributed by atoms with E-state index in [1.165, 1.54) is 0 Å². The second-order valence-electron chi connectivity index (χ2n) is 4.95. The SMILES string of the molecule is CC(C)OCCN(C)c1ccnc2cc(N)ccc12. The fourth-order valence-corrected chi connectivity index (χ4v) is 2.03. The summed E-state index contributed by atoms with van der Waals surface area (Å²) >= 11 is 0. The van der Waals surface area contributed by atoms with Crippen molar-refractivity contribution in [2.75, 3.05) is 30.8 Å². The van der Waals surface area contributed by atoms with Crippen LogP contribution in [0.5, 0.6) is 0 Å². The fourth-order valence-electron chi connectivity index (χ4n) is 2.03. The van der Waals surface area contributed by atoms with Crippen molar-refractivity contribution >= 4 is 22.3 Å². The molecular weight excluding hydrogens is 238 g/mol. The number of aromatic nitrogens is 1. The molecule has 19 heavy (non-hydrogen) atoms. The van der Waals surface area contributed by atoms with Gasteiger partial charge in [0.25, 0.3) is 0 Å². The molecule has 0 aliphatic carbocycles. The molecule has 0 bridgehead atoms. The molecule has 4 nitrogen and oxygen atoms in total. The van der Waals surface area contributed by atoms with Crippen LogP contribution in [0.15, 0.2) is 30.5 Å². The number of ether oxygens (including phenoxy) is 1. The number of nitrogen functional groups attached to an aromatic ring is 1. The van der Waals surface area contributed by atoms with Gasteiger partial charge >= 0.3 is 0 Å². The summed E-state index contributed by atoms with van der Waals surface area (Å²) in [4.78, 5) is 6.54. The van der Waals surface area contributed by atoms with E-state index in [9.17, 15) is 0 Å². The summed E-state index contributed by atoms with van der Waals surface area (Å²) in [5.41, 5.74) is 8.60. The highest BCUT2D eigenvalue weighted by Gasteiger charge is 2.07. The van der Waals surface area contributed by atoms with Crippen molar-refractivity contribution in [2.45, 2.75) is 20.0 Å². The summed E-state index contributed by atoms with van der Waals surface area (Å²) in [5.74, 6) is 0. The van der Waals surface area contributed by atoms with Gasteiger partial charge in [-0.2, -0.15) is 0 Å². The second kappa shape index (κ2) is 5.89. The van der Waals surface area contributed by atoms with Gasteiger partial charge in [-0.25, -0.2) is 0 Å². The Morgan fingerprint density at radius 2 is 2.11 bits per heavy atom. The summed E-state index contributed by atoms with van der Waals surface area (Å²) in [6.07, 6.45) is 2.08. The van der Waals surface area contributed by atoms with Crippen molar-refractivity contribution in [3.8, 4) is 0 Å². The van der Waals surface area contributed by atoms with Gasteiger partial charge in [-0.05, 0) is 38.1 Å². The maximum absolute atomic E-state index is 5.79. The Labute approximate surface area is 114 Å². The molecule has 0 spiro atoms. The van der Waals surface area contributed by atoms with Crippen molar-refractivity contribution < 1.29 is 4.74 Å². The number of hydrogen-bond donors (Lipinski definition) is 1. The summed E-state index contributed by atoms with van der Waals surface area (Å²) in [6.45, 7) is 5.66. The van der Waals surface area contributed by atoms with Crippen LogP contribution in [0.2, 0.25) is 0 Å². The molecule has 1 heterocycles. The van der Waals surface area contributed by atoms with E-state index in [0.29, 0.717) is 6.61 Å². The minimum absolute atomic E-state index is 0.266. The average Bonchev–Trinajstić information content (AvgIpc) is 2.37. The molecule has 0 atom stereocenters. The molecular formula is C15H21N3O. The van der Waals surface area contributed by atoms with Crippen LogP contribution in [0.3, 0.4) is 0 Å². The molecule has 0 saturated heterocycles.